The first kappa shape index (κ1) is 27.1. The van der Waals surface area contributed by atoms with E-state index in [1.807, 2.05) is 26.8 Å². The fourth-order valence-electron chi connectivity index (χ4n) is 6.82. The van der Waals surface area contributed by atoms with E-state index >= 15 is 0 Å². The van der Waals surface area contributed by atoms with Gasteiger partial charge >= 0.3 is 0 Å². The maximum absolute atomic E-state index is 13.8. The molecule has 2 saturated carbocycles. The Balaban J connectivity index is 1.61. The molecule has 198 valence electrons. The van der Waals surface area contributed by atoms with Crippen LogP contribution in [-0.4, -0.2) is 33.8 Å². The van der Waals surface area contributed by atoms with E-state index in [-0.39, 0.29) is 23.3 Å². The van der Waals surface area contributed by atoms with Crippen LogP contribution in [0.5, 0.6) is 0 Å². The summed E-state index contributed by atoms with van der Waals surface area (Å²) >= 11 is 0. The number of benzene rings is 2. The van der Waals surface area contributed by atoms with E-state index in [4.69, 9.17) is 0 Å². The van der Waals surface area contributed by atoms with Crippen molar-refractivity contribution >= 4 is 11.8 Å². The van der Waals surface area contributed by atoms with Gasteiger partial charge in [0.05, 0.1) is 0 Å². The molecule has 2 N–H and O–H groups in total. The van der Waals surface area contributed by atoms with Crippen molar-refractivity contribution in [2.24, 2.45) is 17.8 Å². The molecule has 3 unspecified atom stereocenters. The number of carbonyl (C=O) groups is 2. The summed E-state index contributed by atoms with van der Waals surface area (Å²) in [6, 6.07) is 21.8. The molecule has 5 heteroatoms. The minimum Gasteiger partial charge on any atom is -0.349 e. The van der Waals surface area contributed by atoms with E-state index in [2.05, 4.69) is 82.8 Å². The van der Waals surface area contributed by atoms with Crippen LogP contribution in [-0.2, 0) is 22.7 Å². The zero-order chi connectivity index (χ0) is 26.6. The Morgan fingerprint density at radius 3 is 2.05 bits per heavy atom. The number of nitrogens with zero attached hydrogens (tertiary/aromatic N) is 1. The number of nitrogens with one attached hydrogen (secondary N) is 2. The highest BCUT2D eigenvalue weighted by molar-refractivity contribution is 5.92. The molecule has 5 nitrogen and oxygen atoms in total. The maximum atomic E-state index is 13.8. The van der Waals surface area contributed by atoms with E-state index in [9.17, 15) is 9.59 Å². The molecule has 4 rings (SSSR count). The molecular formula is C32H43N3O2. The molecule has 2 aromatic rings. The lowest BCUT2D eigenvalue weighted by Crippen LogP contribution is -2.64. The molecule has 0 aromatic heterocycles. The van der Waals surface area contributed by atoms with Gasteiger partial charge in [-0.1, -0.05) is 66.7 Å². The number of hydrogen-bond donors (Lipinski definition) is 2. The molecule has 2 aliphatic carbocycles. The van der Waals surface area contributed by atoms with Gasteiger partial charge in [0.1, 0.15) is 5.54 Å². The summed E-state index contributed by atoms with van der Waals surface area (Å²) in [5.74, 6) is 0.556. The summed E-state index contributed by atoms with van der Waals surface area (Å²) in [7, 11) is 0. The number of hydrogen-bond acceptors (Lipinski definition) is 3. The third kappa shape index (κ3) is 6.32. The first-order chi connectivity index (χ1) is 17.6. The largest absolute Gasteiger partial charge is 0.349 e. The van der Waals surface area contributed by atoms with E-state index in [1.165, 1.54) is 18.1 Å². The highest BCUT2D eigenvalue weighted by Crippen LogP contribution is 2.55. The summed E-state index contributed by atoms with van der Waals surface area (Å²) in [6.07, 6.45) is 5.36. The molecule has 37 heavy (non-hydrogen) atoms. The Kier molecular flexibility index (Phi) is 8.23. The number of amides is 2. The van der Waals surface area contributed by atoms with Crippen molar-refractivity contribution in [3.63, 3.8) is 0 Å². The third-order valence-corrected chi connectivity index (χ3v) is 8.15. The van der Waals surface area contributed by atoms with Gasteiger partial charge in [0.2, 0.25) is 11.8 Å². The van der Waals surface area contributed by atoms with Crippen molar-refractivity contribution in [2.45, 2.75) is 83.6 Å². The molecule has 0 spiro atoms. The summed E-state index contributed by atoms with van der Waals surface area (Å²) in [5.41, 5.74) is 1.37. The van der Waals surface area contributed by atoms with E-state index < -0.39 is 5.54 Å². The van der Waals surface area contributed by atoms with Crippen LogP contribution < -0.4 is 10.6 Å². The Labute approximate surface area is 222 Å². The van der Waals surface area contributed by atoms with Crippen LogP contribution in [0.3, 0.4) is 0 Å². The van der Waals surface area contributed by atoms with Crippen molar-refractivity contribution in [1.82, 2.24) is 15.5 Å². The molecule has 5 atom stereocenters. The van der Waals surface area contributed by atoms with Crippen LogP contribution >= 0.6 is 0 Å². The van der Waals surface area contributed by atoms with Crippen molar-refractivity contribution in [1.29, 1.82) is 0 Å². The van der Waals surface area contributed by atoms with Crippen molar-refractivity contribution in [2.75, 3.05) is 0 Å². The average Bonchev–Trinajstić information content (AvgIpc) is 3.36. The first-order valence-corrected chi connectivity index (χ1v) is 13.7. The van der Waals surface area contributed by atoms with Crippen LogP contribution in [0.4, 0.5) is 0 Å². The second kappa shape index (κ2) is 11.2. The van der Waals surface area contributed by atoms with Gasteiger partial charge < -0.3 is 10.6 Å². The normalized spacial score (nSPS) is 27.1. The summed E-state index contributed by atoms with van der Waals surface area (Å²) in [5, 5.41) is 6.34. The van der Waals surface area contributed by atoms with Crippen LogP contribution in [0.1, 0.15) is 64.5 Å². The monoisotopic (exact) mass is 501 g/mol. The van der Waals surface area contributed by atoms with E-state index in [0.29, 0.717) is 30.7 Å². The molecule has 0 heterocycles. The van der Waals surface area contributed by atoms with Gasteiger partial charge in [0, 0.05) is 31.6 Å². The van der Waals surface area contributed by atoms with Crippen molar-refractivity contribution < 1.29 is 9.59 Å². The zero-order valence-electron chi connectivity index (χ0n) is 22.9. The number of fused-ring (bicyclic) bond motifs is 1. The summed E-state index contributed by atoms with van der Waals surface area (Å²) in [4.78, 5) is 28.8. The Morgan fingerprint density at radius 2 is 1.57 bits per heavy atom. The predicted molar refractivity (Wildman–Crippen MR) is 149 cm³/mol. The predicted octanol–water partition coefficient (Wildman–Crippen LogP) is 5.47. The Bertz CT molecular complexity index is 1040. The van der Waals surface area contributed by atoms with Crippen LogP contribution in [0.25, 0.3) is 0 Å². The molecule has 2 aliphatic rings. The molecule has 0 bridgehead atoms. The first-order valence-electron chi connectivity index (χ1n) is 13.7. The smallest absolute Gasteiger partial charge is 0.246 e. The topological polar surface area (TPSA) is 61.4 Å². The average molecular weight is 502 g/mol. The van der Waals surface area contributed by atoms with Crippen molar-refractivity contribution in [3.8, 4) is 0 Å². The molecule has 0 radical (unpaired) electrons. The van der Waals surface area contributed by atoms with Crippen LogP contribution in [0, 0.1) is 17.8 Å². The third-order valence-electron chi connectivity index (χ3n) is 8.15. The molecule has 0 saturated heterocycles. The minimum atomic E-state index is -0.892. The molecule has 2 amide bonds. The molecule has 0 aliphatic heterocycles. The van der Waals surface area contributed by atoms with Crippen LogP contribution in [0.15, 0.2) is 73.3 Å². The maximum Gasteiger partial charge on any atom is 0.246 e. The fourth-order valence-corrected chi connectivity index (χ4v) is 6.82. The lowest BCUT2D eigenvalue weighted by molar-refractivity contribution is -0.136. The lowest BCUT2D eigenvalue weighted by atomic mass is 9.78. The number of carbonyl (C=O) groups excluding carboxylic acids is 2. The molecule has 2 fully saturated rings. The van der Waals surface area contributed by atoms with Gasteiger partial charge in [-0.15, -0.1) is 6.58 Å². The second-order valence-electron chi connectivity index (χ2n) is 12.1. The second-order valence-corrected chi connectivity index (χ2v) is 12.1. The number of rotatable bonds is 9. The van der Waals surface area contributed by atoms with Gasteiger partial charge in [-0.2, -0.15) is 0 Å². The van der Waals surface area contributed by atoms with E-state index in [1.54, 1.807) is 0 Å². The van der Waals surface area contributed by atoms with Crippen molar-refractivity contribution in [3.05, 3.63) is 84.4 Å². The fraction of sp³-hybridized carbons (Fsp3) is 0.500. The summed E-state index contributed by atoms with van der Waals surface area (Å²) in [6.45, 7) is 13.3. The van der Waals surface area contributed by atoms with Gasteiger partial charge in [0.25, 0.3) is 0 Å². The highest BCUT2D eigenvalue weighted by atomic mass is 16.2. The Morgan fingerprint density at radius 1 is 1.00 bits per heavy atom. The number of allylic oxidation sites excluding steroid dienone is 1. The Hall–Kier alpha value is -2.92. The highest BCUT2D eigenvalue weighted by Gasteiger charge is 2.60. The quantitative estimate of drug-likeness (QED) is 0.448. The van der Waals surface area contributed by atoms with Gasteiger partial charge in [-0.05, 0) is 75.3 Å². The van der Waals surface area contributed by atoms with E-state index in [0.717, 1.165) is 25.9 Å². The van der Waals surface area contributed by atoms with Gasteiger partial charge in [0.15, 0.2) is 0 Å². The van der Waals surface area contributed by atoms with Crippen LogP contribution in [0.2, 0.25) is 0 Å². The summed E-state index contributed by atoms with van der Waals surface area (Å²) < 4.78 is 0. The van der Waals surface area contributed by atoms with Gasteiger partial charge in [-0.3, -0.25) is 14.5 Å². The standard InChI is InChI=1S/C32H43N3O2/c1-6-13-29-28-19-27(18-26(28)20-32(29,33-23(2)36)30(37)34-31(3,4)5)35(21-24-14-9-7-10-15-24)22-25-16-11-8-12-17-25/h6-12,14-17,26-29H,1,13,18-22H2,2-5H3,(H,33,36)(H,34,37)/t26-,27?,28-,29?,32?/m1/s1. The lowest BCUT2D eigenvalue weighted by Gasteiger charge is -2.39. The molecular weight excluding hydrogens is 458 g/mol. The van der Waals surface area contributed by atoms with Gasteiger partial charge in [-0.25, -0.2) is 0 Å². The SMILES string of the molecule is C=CCC1[C@@H]2CC(N(Cc3ccccc3)Cc3ccccc3)C[C@@H]2CC1(NC(C)=O)C(=O)NC(C)(C)C. The molecule has 2 aromatic carbocycles. The minimum absolute atomic E-state index is 0.0292. The zero-order valence-corrected chi connectivity index (χ0v) is 22.9.